The number of hydrogen-bond donors (Lipinski definition) is 3. The van der Waals surface area contributed by atoms with Gasteiger partial charge in [0.25, 0.3) is 10.2 Å². The maximum atomic E-state index is 11.5. The molecule has 0 aliphatic heterocycles. The standard InChI is InChI=1S/C9H15N3O4S2/c1-5(2)12-18(15,16)10-4-7-11-6(3)8(17-7)9(13)14/h5,10,12H,4H2,1-3H3,(H,13,14). The highest BCUT2D eigenvalue weighted by atomic mass is 32.2. The smallest absolute Gasteiger partial charge is 0.347 e. The van der Waals surface area contributed by atoms with Crippen LogP contribution < -0.4 is 9.44 Å². The lowest BCUT2D eigenvalue weighted by molar-refractivity contribution is 0.0701. The molecule has 0 aromatic carbocycles. The van der Waals surface area contributed by atoms with E-state index in [0.29, 0.717) is 10.7 Å². The van der Waals surface area contributed by atoms with Crippen molar-refractivity contribution in [3.8, 4) is 0 Å². The van der Waals surface area contributed by atoms with E-state index >= 15 is 0 Å². The molecule has 1 heterocycles. The number of aromatic carboxylic acids is 1. The van der Waals surface area contributed by atoms with Crippen molar-refractivity contribution >= 4 is 27.5 Å². The first-order valence-electron chi connectivity index (χ1n) is 5.18. The van der Waals surface area contributed by atoms with Crippen molar-refractivity contribution in [3.05, 3.63) is 15.6 Å². The average Bonchev–Trinajstić information content (AvgIpc) is 2.55. The Morgan fingerprint density at radius 1 is 1.50 bits per heavy atom. The van der Waals surface area contributed by atoms with Crippen molar-refractivity contribution in [1.82, 2.24) is 14.4 Å². The maximum Gasteiger partial charge on any atom is 0.347 e. The van der Waals surface area contributed by atoms with E-state index in [1.54, 1.807) is 20.8 Å². The Bertz CT molecular complexity index is 536. The number of hydrogen-bond acceptors (Lipinski definition) is 5. The van der Waals surface area contributed by atoms with Crippen LogP contribution in [0.25, 0.3) is 0 Å². The summed E-state index contributed by atoms with van der Waals surface area (Å²) < 4.78 is 27.6. The monoisotopic (exact) mass is 293 g/mol. The first-order valence-corrected chi connectivity index (χ1v) is 7.47. The molecule has 0 aliphatic carbocycles. The number of aryl methyl sites for hydroxylation is 1. The SMILES string of the molecule is Cc1nc(CNS(=O)(=O)NC(C)C)sc1C(=O)O. The number of carboxylic acid groups (broad SMARTS) is 1. The van der Waals surface area contributed by atoms with E-state index in [1.165, 1.54) is 0 Å². The molecule has 0 fully saturated rings. The summed E-state index contributed by atoms with van der Waals surface area (Å²) >= 11 is 0.962. The van der Waals surface area contributed by atoms with Crippen LogP contribution in [0, 0.1) is 6.92 Å². The van der Waals surface area contributed by atoms with Gasteiger partial charge in [0.1, 0.15) is 9.88 Å². The second kappa shape index (κ2) is 5.74. The van der Waals surface area contributed by atoms with E-state index in [1.807, 2.05) is 0 Å². The number of rotatable bonds is 6. The Balaban J connectivity index is 2.70. The highest BCUT2D eigenvalue weighted by molar-refractivity contribution is 7.87. The minimum atomic E-state index is -3.58. The third kappa shape index (κ3) is 4.33. The van der Waals surface area contributed by atoms with Crippen LogP contribution in [-0.2, 0) is 16.8 Å². The lowest BCUT2D eigenvalue weighted by Gasteiger charge is -2.09. The van der Waals surface area contributed by atoms with Gasteiger partial charge in [-0.25, -0.2) is 9.78 Å². The number of carbonyl (C=O) groups is 1. The van der Waals surface area contributed by atoms with Gasteiger partial charge in [0, 0.05) is 6.04 Å². The topological polar surface area (TPSA) is 108 Å². The van der Waals surface area contributed by atoms with Gasteiger partial charge in [-0.2, -0.15) is 17.9 Å². The zero-order chi connectivity index (χ0) is 13.9. The zero-order valence-corrected chi connectivity index (χ0v) is 11.9. The number of nitrogens with zero attached hydrogens (tertiary/aromatic N) is 1. The molecule has 0 radical (unpaired) electrons. The quantitative estimate of drug-likeness (QED) is 0.707. The van der Waals surface area contributed by atoms with Crippen molar-refractivity contribution < 1.29 is 18.3 Å². The summed E-state index contributed by atoms with van der Waals surface area (Å²) in [6, 6.07) is -0.213. The van der Waals surface area contributed by atoms with Gasteiger partial charge in [0.05, 0.1) is 12.2 Å². The number of aromatic nitrogens is 1. The Morgan fingerprint density at radius 2 is 2.11 bits per heavy atom. The average molecular weight is 293 g/mol. The fraction of sp³-hybridized carbons (Fsp3) is 0.556. The molecule has 1 aromatic heterocycles. The first-order chi connectivity index (χ1) is 8.21. The number of carboxylic acids is 1. The fourth-order valence-corrected chi connectivity index (χ4v) is 3.20. The highest BCUT2D eigenvalue weighted by Crippen LogP contribution is 2.17. The molecule has 0 spiro atoms. The molecular weight excluding hydrogens is 278 g/mol. The predicted octanol–water partition coefficient (Wildman–Crippen LogP) is 0.482. The van der Waals surface area contributed by atoms with E-state index in [9.17, 15) is 13.2 Å². The van der Waals surface area contributed by atoms with Crippen molar-refractivity contribution in [3.63, 3.8) is 0 Å². The van der Waals surface area contributed by atoms with Crippen molar-refractivity contribution in [2.45, 2.75) is 33.4 Å². The lowest BCUT2D eigenvalue weighted by Crippen LogP contribution is -2.39. The molecule has 18 heavy (non-hydrogen) atoms. The van der Waals surface area contributed by atoms with E-state index in [2.05, 4.69) is 14.4 Å². The van der Waals surface area contributed by atoms with Gasteiger partial charge in [0.15, 0.2) is 0 Å². The van der Waals surface area contributed by atoms with Gasteiger partial charge in [-0.3, -0.25) is 0 Å². The van der Waals surface area contributed by atoms with Gasteiger partial charge in [-0.1, -0.05) is 0 Å². The fourth-order valence-electron chi connectivity index (χ4n) is 1.24. The third-order valence-electron chi connectivity index (χ3n) is 1.84. The van der Waals surface area contributed by atoms with Gasteiger partial charge >= 0.3 is 5.97 Å². The molecule has 1 aromatic rings. The summed E-state index contributed by atoms with van der Waals surface area (Å²) in [5, 5.41) is 9.26. The van der Waals surface area contributed by atoms with Gasteiger partial charge < -0.3 is 5.11 Å². The van der Waals surface area contributed by atoms with Crippen LogP contribution in [0.3, 0.4) is 0 Å². The summed E-state index contributed by atoms with van der Waals surface area (Å²) in [6.07, 6.45) is 0. The number of thiazole rings is 1. The van der Waals surface area contributed by atoms with E-state index < -0.39 is 16.2 Å². The zero-order valence-electron chi connectivity index (χ0n) is 10.2. The molecule has 1 rings (SSSR count). The summed E-state index contributed by atoms with van der Waals surface area (Å²) in [5.74, 6) is -1.06. The van der Waals surface area contributed by atoms with Crippen molar-refractivity contribution in [1.29, 1.82) is 0 Å². The van der Waals surface area contributed by atoms with Gasteiger partial charge in [-0.05, 0) is 20.8 Å². The molecule has 0 amide bonds. The van der Waals surface area contributed by atoms with E-state index in [4.69, 9.17) is 5.11 Å². The third-order valence-corrected chi connectivity index (χ3v) is 4.29. The van der Waals surface area contributed by atoms with E-state index in [0.717, 1.165) is 11.3 Å². The summed E-state index contributed by atoms with van der Waals surface area (Å²) in [4.78, 5) is 14.9. The molecular formula is C9H15N3O4S2. The maximum absolute atomic E-state index is 11.5. The summed E-state index contributed by atoms with van der Waals surface area (Å²) in [6.45, 7) is 4.95. The lowest BCUT2D eigenvalue weighted by atomic mass is 10.4. The summed E-state index contributed by atoms with van der Waals surface area (Å²) in [7, 11) is -3.58. The van der Waals surface area contributed by atoms with Gasteiger partial charge in [-0.15, -0.1) is 11.3 Å². The van der Waals surface area contributed by atoms with Crippen LogP contribution in [0.2, 0.25) is 0 Å². The molecule has 3 N–H and O–H groups in total. The normalized spacial score (nSPS) is 12.0. The predicted molar refractivity (Wildman–Crippen MR) is 67.8 cm³/mol. The Labute approximate surface area is 109 Å². The second-order valence-electron chi connectivity index (χ2n) is 3.92. The Hall–Kier alpha value is -1.03. The summed E-state index contributed by atoms with van der Waals surface area (Å²) in [5.41, 5.74) is 0.388. The minimum Gasteiger partial charge on any atom is -0.477 e. The molecule has 0 atom stereocenters. The highest BCUT2D eigenvalue weighted by Gasteiger charge is 2.16. The van der Waals surface area contributed by atoms with Crippen molar-refractivity contribution in [2.75, 3.05) is 0 Å². The molecule has 0 aliphatic rings. The van der Waals surface area contributed by atoms with Crippen LogP contribution >= 0.6 is 11.3 Å². The molecule has 0 bridgehead atoms. The Kier molecular flexibility index (Phi) is 4.79. The second-order valence-corrected chi connectivity index (χ2v) is 6.54. The van der Waals surface area contributed by atoms with Crippen LogP contribution in [0.5, 0.6) is 0 Å². The van der Waals surface area contributed by atoms with Crippen molar-refractivity contribution in [2.24, 2.45) is 0 Å². The van der Waals surface area contributed by atoms with Crippen LogP contribution in [0.15, 0.2) is 0 Å². The molecule has 7 nitrogen and oxygen atoms in total. The molecule has 0 saturated carbocycles. The molecule has 0 unspecified atom stereocenters. The van der Waals surface area contributed by atoms with Crippen LogP contribution in [0.1, 0.15) is 34.2 Å². The van der Waals surface area contributed by atoms with Crippen LogP contribution in [-0.4, -0.2) is 30.5 Å². The number of nitrogens with one attached hydrogen (secondary N) is 2. The van der Waals surface area contributed by atoms with Crippen LogP contribution in [0.4, 0.5) is 0 Å². The van der Waals surface area contributed by atoms with Gasteiger partial charge in [0.2, 0.25) is 0 Å². The minimum absolute atomic E-state index is 0.0269. The Morgan fingerprint density at radius 3 is 2.56 bits per heavy atom. The first kappa shape index (κ1) is 15.0. The molecule has 9 heteroatoms. The van der Waals surface area contributed by atoms with E-state index in [-0.39, 0.29) is 17.5 Å². The molecule has 102 valence electrons. The largest absolute Gasteiger partial charge is 0.477 e. The molecule has 0 saturated heterocycles.